The van der Waals surface area contributed by atoms with E-state index in [4.69, 9.17) is 4.74 Å². The number of nitrogens with one attached hydrogen (secondary N) is 2. The summed E-state index contributed by atoms with van der Waals surface area (Å²) in [6, 6.07) is 6.21. The Morgan fingerprint density at radius 1 is 1.45 bits per heavy atom. The number of rotatable bonds is 6. The molecule has 0 bridgehead atoms. The zero-order valence-electron chi connectivity index (χ0n) is 12.7. The lowest BCUT2D eigenvalue weighted by atomic mass is 10.2. The molecule has 1 aromatic carbocycles. The van der Waals surface area contributed by atoms with Crippen LogP contribution in [0.3, 0.4) is 0 Å². The summed E-state index contributed by atoms with van der Waals surface area (Å²) in [5.74, 6) is 0.314. The third-order valence-corrected chi connectivity index (χ3v) is 3.49. The van der Waals surface area contributed by atoms with Gasteiger partial charge in [0.05, 0.1) is 13.1 Å². The van der Waals surface area contributed by atoms with E-state index in [1.165, 1.54) is 12.1 Å². The minimum atomic E-state index is -0.291. The number of ether oxygens (including phenoxy) is 1. The van der Waals surface area contributed by atoms with E-state index in [1.54, 1.807) is 12.1 Å². The van der Waals surface area contributed by atoms with E-state index in [1.807, 2.05) is 0 Å². The van der Waals surface area contributed by atoms with Gasteiger partial charge in [0.15, 0.2) is 0 Å². The molecule has 7 heteroatoms. The number of piperazine rings is 1. The number of carbonyl (C=O) groups excluding carboxylic acids is 1. The SMILES string of the molecule is C[C@@H]1CNCCN1CC(=O)NCCOc1ccc(F)cc1.Cl. The first kappa shape index (κ1) is 18.7. The second-order valence-electron chi connectivity index (χ2n) is 5.18. The number of nitrogens with zero attached hydrogens (tertiary/aromatic N) is 1. The molecule has 1 amide bonds. The van der Waals surface area contributed by atoms with Gasteiger partial charge in [-0.3, -0.25) is 9.69 Å². The molecule has 2 rings (SSSR count). The maximum atomic E-state index is 12.7. The van der Waals surface area contributed by atoms with Gasteiger partial charge in [-0.25, -0.2) is 4.39 Å². The van der Waals surface area contributed by atoms with Crippen LogP contribution in [0.1, 0.15) is 6.92 Å². The molecule has 22 heavy (non-hydrogen) atoms. The molecule has 124 valence electrons. The van der Waals surface area contributed by atoms with Crippen LogP contribution in [0.5, 0.6) is 5.75 Å². The van der Waals surface area contributed by atoms with Crippen molar-refractivity contribution in [3.05, 3.63) is 30.1 Å². The summed E-state index contributed by atoms with van der Waals surface area (Å²) in [6.45, 7) is 6.06. The lowest BCUT2D eigenvalue weighted by molar-refractivity contribution is -0.123. The minimum absolute atomic E-state index is 0. The Labute approximate surface area is 136 Å². The Balaban J connectivity index is 0.00000242. The molecule has 1 atom stereocenters. The van der Waals surface area contributed by atoms with E-state index in [-0.39, 0.29) is 24.1 Å². The van der Waals surface area contributed by atoms with Gasteiger partial charge in [-0.15, -0.1) is 12.4 Å². The molecule has 1 aliphatic heterocycles. The highest BCUT2D eigenvalue weighted by Gasteiger charge is 2.19. The van der Waals surface area contributed by atoms with Crippen molar-refractivity contribution in [3.63, 3.8) is 0 Å². The fourth-order valence-electron chi connectivity index (χ4n) is 2.25. The highest BCUT2D eigenvalue weighted by molar-refractivity contribution is 5.85. The number of amides is 1. The molecular weight excluding hydrogens is 309 g/mol. The van der Waals surface area contributed by atoms with Crippen LogP contribution in [0.2, 0.25) is 0 Å². The molecule has 1 fully saturated rings. The normalized spacial score (nSPS) is 18.4. The molecular formula is C15H23ClFN3O2. The highest BCUT2D eigenvalue weighted by Crippen LogP contribution is 2.10. The number of hydrogen-bond acceptors (Lipinski definition) is 4. The Morgan fingerprint density at radius 3 is 2.86 bits per heavy atom. The first-order chi connectivity index (χ1) is 10.1. The highest BCUT2D eigenvalue weighted by atomic mass is 35.5. The van der Waals surface area contributed by atoms with Gasteiger partial charge in [-0.05, 0) is 31.2 Å². The standard InChI is InChI=1S/C15H22FN3O2.ClH/c1-12-10-17-6-8-19(12)11-15(20)18-7-9-21-14-4-2-13(16)3-5-14;/h2-5,12,17H,6-11H2,1H3,(H,18,20);1H/t12-;/m1./s1. The predicted octanol–water partition coefficient (Wildman–Crippen LogP) is 1.04. The summed E-state index contributed by atoms with van der Waals surface area (Å²) in [4.78, 5) is 14.0. The molecule has 1 aromatic rings. The number of halogens is 2. The van der Waals surface area contributed by atoms with E-state index in [0.29, 0.717) is 31.5 Å². The Hall–Kier alpha value is -1.37. The smallest absolute Gasteiger partial charge is 0.234 e. The lowest BCUT2D eigenvalue weighted by Crippen LogP contribution is -2.52. The molecule has 0 spiro atoms. The van der Waals surface area contributed by atoms with Crippen LogP contribution in [0.15, 0.2) is 24.3 Å². The quantitative estimate of drug-likeness (QED) is 0.765. The summed E-state index contributed by atoms with van der Waals surface area (Å²) >= 11 is 0. The topological polar surface area (TPSA) is 53.6 Å². The molecule has 2 N–H and O–H groups in total. The van der Waals surface area contributed by atoms with Crippen LogP contribution in [-0.4, -0.2) is 56.2 Å². The van der Waals surface area contributed by atoms with E-state index in [2.05, 4.69) is 22.5 Å². The first-order valence-electron chi connectivity index (χ1n) is 7.25. The van der Waals surface area contributed by atoms with Gasteiger partial charge in [0.1, 0.15) is 18.2 Å². The van der Waals surface area contributed by atoms with Gasteiger partial charge in [0.2, 0.25) is 5.91 Å². The van der Waals surface area contributed by atoms with Crippen molar-refractivity contribution < 1.29 is 13.9 Å². The molecule has 0 aromatic heterocycles. The van der Waals surface area contributed by atoms with Crippen LogP contribution in [0, 0.1) is 5.82 Å². The fourth-order valence-corrected chi connectivity index (χ4v) is 2.25. The van der Waals surface area contributed by atoms with E-state index >= 15 is 0 Å². The van der Waals surface area contributed by atoms with Crippen LogP contribution in [-0.2, 0) is 4.79 Å². The summed E-state index contributed by atoms with van der Waals surface area (Å²) < 4.78 is 18.1. The zero-order valence-corrected chi connectivity index (χ0v) is 13.5. The number of hydrogen-bond donors (Lipinski definition) is 2. The van der Waals surface area contributed by atoms with Crippen molar-refractivity contribution in [1.29, 1.82) is 0 Å². The molecule has 0 saturated carbocycles. The summed E-state index contributed by atoms with van der Waals surface area (Å²) in [5, 5.41) is 6.12. The Bertz CT molecular complexity index is 459. The monoisotopic (exact) mass is 331 g/mol. The Kier molecular flexibility index (Phi) is 8.16. The first-order valence-corrected chi connectivity index (χ1v) is 7.25. The number of benzene rings is 1. The Morgan fingerprint density at radius 2 is 2.18 bits per heavy atom. The summed E-state index contributed by atoms with van der Waals surface area (Å²) in [6.07, 6.45) is 0. The van der Waals surface area contributed by atoms with E-state index in [0.717, 1.165) is 19.6 Å². The summed E-state index contributed by atoms with van der Waals surface area (Å²) in [7, 11) is 0. The third-order valence-electron chi connectivity index (χ3n) is 3.49. The van der Waals surface area contributed by atoms with Crippen LogP contribution < -0.4 is 15.4 Å². The zero-order chi connectivity index (χ0) is 15.1. The molecule has 0 unspecified atom stereocenters. The van der Waals surface area contributed by atoms with E-state index in [9.17, 15) is 9.18 Å². The molecule has 5 nitrogen and oxygen atoms in total. The average Bonchev–Trinajstić information content (AvgIpc) is 2.48. The van der Waals surface area contributed by atoms with Gasteiger partial charge in [0.25, 0.3) is 0 Å². The van der Waals surface area contributed by atoms with Gasteiger partial charge >= 0.3 is 0 Å². The fraction of sp³-hybridized carbons (Fsp3) is 0.533. The molecule has 1 aliphatic rings. The van der Waals surface area contributed by atoms with Gasteiger partial charge < -0.3 is 15.4 Å². The van der Waals surface area contributed by atoms with Gasteiger partial charge in [0, 0.05) is 25.7 Å². The van der Waals surface area contributed by atoms with Crippen molar-refractivity contribution in [2.45, 2.75) is 13.0 Å². The predicted molar refractivity (Wildman–Crippen MR) is 86.1 cm³/mol. The molecule has 0 aliphatic carbocycles. The maximum Gasteiger partial charge on any atom is 0.234 e. The minimum Gasteiger partial charge on any atom is -0.492 e. The largest absolute Gasteiger partial charge is 0.492 e. The molecule has 1 saturated heterocycles. The number of carbonyl (C=O) groups is 1. The molecule has 1 heterocycles. The summed E-state index contributed by atoms with van der Waals surface area (Å²) in [5.41, 5.74) is 0. The van der Waals surface area contributed by atoms with Crippen molar-refractivity contribution in [1.82, 2.24) is 15.5 Å². The van der Waals surface area contributed by atoms with Crippen LogP contribution in [0.4, 0.5) is 4.39 Å². The lowest BCUT2D eigenvalue weighted by Gasteiger charge is -2.33. The van der Waals surface area contributed by atoms with Gasteiger partial charge in [-0.2, -0.15) is 0 Å². The van der Waals surface area contributed by atoms with Gasteiger partial charge in [-0.1, -0.05) is 0 Å². The average molecular weight is 332 g/mol. The van der Waals surface area contributed by atoms with Crippen molar-refractivity contribution in [2.24, 2.45) is 0 Å². The second-order valence-corrected chi connectivity index (χ2v) is 5.18. The van der Waals surface area contributed by atoms with E-state index < -0.39 is 0 Å². The second kappa shape index (κ2) is 9.61. The van der Waals surface area contributed by atoms with Crippen molar-refractivity contribution >= 4 is 18.3 Å². The third kappa shape index (κ3) is 6.17. The van der Waals surface area contributed by atoms with Crippen molar-refractivity contribution in [2.75, 3.05) is 39.3 Å². The maximum absolute atomic E-state index is 12.7. The van der Waals surface area contributed by atoms with Crippen LogP contribution >= 0.6 is 12.4 Å². The van der Waals surface area contributed by atoms with Crippen molar-refractivity contribution in [3.8, 4) is 5.75 Å². The molecule has 0 radical (unpaired) electrons. The van der Waals surface area contributed by atoms with Crippen LogP contribution in [0.25, 0.3) is 0 Å².